The second-order valence-electron chi connectivity index (χ2n) is 5.32. The van der Waals surface area contributed by atoms with Gasteiger partial charge in [-0.3, -0.25) is 0 Å². The highest BCUT2D eigenvalue weighted by molar-refractivity contribution is 7.43. The third-order valence-electron chi connectivity index (χ3n) is 4.31. The summed E-state index contributed by atoms with van der Waals surface area (Å²) >= 11 is 0. The first-order valence-corrected chi connectivity index (χ1v) is 7.16. The van der Waals surface area contributed by atoms with Gasteiger partial charge in [0.25, 0.3) is 0 Å². The predicted octanol–water partition coefficient (Wildman–Crippen LogP) is 3.09. The lowest BCUT2D eigenvalue weighted by molar-refractivity contribution is 0.688. The fourth-order valence-corrected chi connectivity index (χ4v) is 5.44. The fourth-order valence-electron chi connectivity index (χ4n) is 3.51. The molecule has 0 nitrogen and oxygen atoms in total. The summed E-state index contributed by atoms with van der Waals surface area (Å²) in [6.45, 7) is 0. The van der Waals surface area contributed by atoms with Gasteiger partial charge in [0, 0.05) is 5.66 Å². The van der Waals surface area contributed by atoms with Crippen LogP contribution in [0.4, 0.5) is 0 Å². The SMILES string of the molecule is [CH]1[CH][C@@H]2C[C@H]1[CH][C]2PC1[CH][C@@H]2[CH][CH][C@H]1C2. The van der Waals surface area contributed by atoms with Gasteiger partial charge < -0.3 is 0 Å². The van der Waals surface area contributed by atoms with Crippen molar-refractivity contribution in [2.75, 3.05) is 0 Å². The van der Waals surface area contributed by atoms with Crippen molar-refractivity contribution in [1.29, 1.82) is 0 Å². The van der Waals surface area contributed by atoms with E-state index in [1.165, 1.54) is 12.8 Å². The summed E-state index contributed by atoms with van der Waals surface area (Å²) in [5.41, 5.74) is 2.66. The summed E-state index contributed by atoms with van der Waals surface area (Å²) in [6, 6.07) is 0. The maximum atomic E-state index is 2.61. The van der Waals surface area contributed by atoms with E-state index in [1.807, 2.05) is 0 Å². The third kappa shape index (κ3) is 1.51. The van der Waals surface area contributed by atoms with Crippen LogP contribution < -0.4 is 0 Å². The highest BCUT2D eigenvalue weighted by Gasteiger charge is 2.45. The van der Waals surface area contributed by atoms with E-state index in [1.54, 1.807) is 5.66 Å². The fraction of sp³-hybridized carbons (Fsp3) is 0.500. The molecule has 6 atom stereocenters. The van der Waals surface area contributed by atoms with Crippen molar-refractivity contribution in [2.24, 2.45) is 23.7 Å². The van der Waals surface area contributed by atoms with Crippen LogP contribution in [0.25, 0.3) is 0 Å². The van der Waals surface area contributed by atoms with Gasteiger partial charge >= 0.3 is 0 Å². The molecule has 0 spiro atoms. The molecule has 0 aromatic carbocycles. The minimum atomic E-state index is 0.798. The summed E-state index contributed by atoms with van der Waals surface area (Å²) in [6.07, 6.45) is 17.7. The van der Waals surface area contributed by atoms with E-state index in [4.69, 9.17) is 0 Å². The molecule has 4 rings (SSSR count). The minimum Gasteiger partial charge on any atom is -0.110 e. The normalized spacial score (nSPS) is 54.0. The Morgan fingerprint density at radius 3 is 2.53 bits per heavy atom. The average molecular weight is 215 g/mol. The summed E-state index contributed by atoms with van der Waals surface area (Å²) < 4.78 is 0. The van der Waals surface area contributed by atoms with Crippen LogP contribution in [0, 0.1) is 67.9 Å². The van der Waals surface area contributed by atoms with Crippen LogP contribution in [-0.4, -0.2) is 5.66 Å². The van der Waals surface area contributed by atoms with Crippen LogP contribution in [0.5, 0.6) is 0 Å². The van der Waals surface area contributed by atoms with E-state index in [2.05, 4.69) is 38.5 Å². The molecule has 4 fully saturated rings. The van der Waals surface area contributed by atoms with Crippen molar-refractivity contribution in [3.05, 3.63) is 44.2 Å². The Balaban J connectivity index is 1.40. The van der Waals surface area contributed by atoms with Gasteiger partial charge in [0.15, 0.2) is 0 Å². The topological polar surface area (TPSA) is 0 Å². The van der Waals surface area contributed by atoms with Crippen LogP contribution in [0.1, 0.15) is 12.8 Å². The summed E-state index contributed by atoms with van der Waals surface area (Å²) in [7, 11) is 1.08. The van der Waals surface area contributed by atoms with E-state index in [0.29, 0.717) is 0 Å². The molecular formula is C14H16P. The average Bonchev–Trinajstić information content (AvgIpc) is 2.96. The quantitative estimate of drug-likeness (QED) is 0.621. The zero-order valence-corrected chi connectivity index (χ0v) is 9.77. The summed E-state index contributed by atoms with van der Waals surface area (Å²) in [5.74, 6) is 3.33. The van der Waals surface area contributed by atoms with Gasteiger partial charge in [-0.05, 0) is 80.7 Å². The molecule has 15 heavy (non-hydrogen) atoms. The van der Waals surface area contributed by atoms with E-state index >= 15 is 0 Å². The van der Waals surface area contributed by atoms with E-state index < -0.39 is 0 Å². The monoisotopic (exact) mass is 215 g/mol. The molecule has 0 aromatic heterocycles. The first-order chi connectivity index (χ1) is 7.38. The molecule has 0 aromatic rings. The second kappa shape index (κ2) is 3.46. The van der Waals surface area contributed by atoms with E-state index in [0.717, 1.165) is 37.9 Å². The smallest absolute Gasteiger partial charge is 0.00447 e. The molecule has 0 saturated heterocycles. The standard InChI is InChI=1S/C14H16P/c1-3-11-5-9(1)7-13(11)15-14-8-10-2-4-12(14)6-10/h1-4,7-13,15H,5-6H2/t9-,10+,11+,12-,13?/m1/s1. The van der Waals surface area contributed by atoms with Crippen LogP contribution >= 0.6 is 8.58 Å². The number of rotatable bonds is 2. The molecule has 0 amide bonds. The Morgan fingerprint density at radius 2 is 1.93 bits per heavy atom. The van der Waals surface area contributed by atoms with E-state index in [-0.39, 0.29) is 0 Å². The Hall–Kier alpha value is 0.430. The predicted molar refractivity (Wildman–Crippen MR) is 64.3 cm³/mol. The van der Waals surface area contributed by atoms with Gasteiger partial charge in [0.2, 0.25) is 0 Å². The van der Waals surface area contributed by atoms with Gasteiger partial charge in [-0.1, -0.05) is 0 Å². The van der Waals surface area contributed by atoms with Crippen molar-refractivity contribution >= 4 is 8.58 Å². The molecule has 4 aliphatic rings. The molecule has 0 N–H and O–H groups in total. The van der Waals surface area contributed by atoms with Crippen LogP contribution in [0.3, 0.4) is 0 Å². The first-order valence-electron chi connectivity index (χ1n) is 6.08. The molecular weight excluding hydrogens is 199 g/mol. The highest BCUT2D eigenvalue weighted by atomic mass is 31.1. The molecule has 7 radical (unpaired) electrons. The minimum absolute atomic E-state index is 0.798. The summed E-state index contributed by atoms with van der Waals surface area (Å²) in [5, 5.41) is 0. The number of fused-ring (bicyclic) bond motifs is 4. The van der Waals surface area contributed by atoms with Crippen molar-refractivity contribution in [1.82, 2.24) is 0 Å². The molecule has 0 aliphatic heterocycles. The van der Waals surface area contributed by atoms with E-state index in [9.17, 15) is 0 Å². The third-order valence-corrected chi connectivity index (χ3v) is 6.13. The van der Waals surface area contributed by atoms with Crippen LogP contribution in [-0.2, 0) is 0 Å². The molecule has 77 valence electrons. The van der Waals surface area contributed by atoms with Crippen molar-refractivity contribution in [3.63, 3.8) is 0 Å². The Kier molecular flexibility index (Phi) is 2.18. The zero-order valence-electron chi connectivity index (χ0n) is 8.77. The van der Waals surface area contributed by atoms with Gasteiger partial charge in [0.1, 0.15) is 0 Å². The molecule has 4 bridgehead atoms. The second-order valence-corrected chi connectivity index (χ2v) is 6.86. The molecule has 4 saturated carbocycles. The largest absolute Gasteiger partial charge is 0.110 e. The van der Waals surface area contributed by atoms with Crippen molar-refractivity contribution in [3.8, 4) is 0 Å². The molecule has 1 heteroatoms. The first kappa shape index (κ1) is 9.46. The summed E-state index contributed by atoms with van der Waals surface area (Å²) in [4.78, 5) is 0. The van der Waals surface area contributed by atoms with Crippen LogP contribution in [0.15, 0.2) is 0 Å². The Labute approximate surface area is 95.4 Å². The van der Waals surface area contributed by atoms with Crippen LogP contribution in [0.2, 0.25) is 0 Å². The van der Waals surface area contributed by atoms with Gasteiger partial charge in [0.05, 0.1) is 0 Å². The van der Waals surface area contributed by atoms with Gasteiger partial charge in [-0.15, -0.1) is 8.58 Å². The molecule has 0 heterocycles. The Morgan fingerprint density at radius 1 is 1.00 bits per heavy atom. The number of hydrogen-bond donors (Lipinski definition) is 0. The molecule has 4 aliphatic carbocycles. The van der Waals surface area contributed by atoms with Gasteiger partial charge in [-0.2, -0.15) is 0 Å². The van der Waals surface area contributed by atoms with Crippen molar-refractivity contribution < 1.29 is 0 Å². The lowest BCUT2D eigenvalue weighted by Crippen LogP contribution is -2.16. The maximum Gasteiger partial charge on any atom is 0.00447 e. The van der Waals surface area contributed by atoms with Gasteiger partial charge in [-0.25, -0.2) is 0 Å². The molecule has 2 unspecified atom stereocenters. The lowest BCUT2D eigenvalue weighted by atomic mass is 10.00. The Bertz CT molecular complexity index is 236. The number of hydrogen-bond acceptors (Lipinski definition) is 0. The maximum absolute atomic E-state index is 2.61. The zero-order chi connectivity index (χ0) is 9.83. The highest BCUT2D eigenvalue weighted by Crippen LogP contribution is 2.60. The lowest BCUT2D eigenvalue weighted by Gasteiger charge is -2.28. The van der Waals surface area contributed by atoms with Crippen molar-refractivity contribution in [2.45, 2.75) is 18.5 Å².